The summed E-state index contributed by atoms with van der Waals surface area (Å²) in [6, 6.07) is 6.01. The molecule has 150 valence electrons. The Balaban J connectivity index is 1.73. The van der Waals surface area contributed by atoms with Crippen LogP contribution in [0, 0.1) is 0 Å². The first-order chi connectivity index (χ1) is 13.9. The summed E-state index contributed by atoms with van der Waals surface area (Å²) in [6.45, 7) is 1.55. The molecular weight excluding hydrogens is 394 g/mol. The molecule has 8 heteroatoms. The number of nitrogens with zero attached hydrogens (tertiary/aromatic N) is 1. The van der Waals surface area contributed by atoms with Crippen LogP contribution in [0.5, 0.6) is 0 Å². The number of hydrogen-bond acceptors (Lipinski definition) is 6. The molecule has 3 aliphatic rings. The van der Waals surface area contributed by atoms with E-state index in [2.05, 4.69) is 0 Å². The van der Waals surface area contributed by atoms with E-state index in [1.54, 1.807) is 19.1 Å². The van der Waals surface area contributed by atoms with Crippen LogP contribution in [0.1, 0.15) is 25.3 Å². The Kier molecular flexibility index (Phi) is 4.79. The van der Waals surface area contributed by atoms with Crippen LogP contribution >= 0.6 is 0 Å². The predicted molar refractivity (Wildman–Crippen MR) is 105 cm³/mol. The molecule has 1 aromatic carbocycles. The third-order valence-corrected chi connectivity index (χ3v) is 6.74. The largest absolute Gasteiger partial charge is 0.505 e. The lowest BCUT2D eigenvalue weighted by Gasteiger charge is -2.31. The molecule has 29 heavy (non-hydrogen) atoms. The van der Waals surface area contributed by atoms with Crippen molar-refractivity contribution >= 4 is 21.6 Å². The maximum Gasteiger partial charge on any atom is 0.265 e. The van der Waals surface area contributed by atoms with Crippen LogP contribution < -0.4 is 0 Å². The highest BCUT2D eigenvalue weighted by Gasteiger charge is 2.41. The number of benzene rings is 1. The molecule has 0 aromatic heterocycles. The van der Waals surface area contributed by atoms with Crippen LogP contribution in [-0.4, -0.2) is 30.2 Å². The minimum absolute atomic E-state index is 0.0332. The lowest BCUT2D eigenvalue weighted by molar-refractivity contribution is -0.116. The number of aliphatic hydroxyl groups is 1. The molecule has 2 heterocycles. The number of sulfonamides is 1. The van der Waals surface area contributed by atoms with E-state index < -0.39 is 21.6 Å². The number of ketones is 1. The Morgan fingerprint density at radius 3 is 2.76 bits per heavy atom. The van der Waals surface area contributed by atoms with Gasteiger partial charge in [0, 0.05) is 12.1 Å². The standard InChI is InChI=1S/C21H19NO6S/c1-2-22-19(20(23)15-10-6-7-11-18(15)29(22,25)26)21(24)17-13-27-12-16(28-17)14-8-4-3-5-9-14/h3-4,6-8,10-13,23H,2,5,9H2,1H3. The summed E-state index contributed by atoms with van der Waals surface area (Å²) in [4.78, 5) is 13.2. The van der Waals surface area contributed by atoms with Crippen molar-refractivity contribution in [3.63, 3.8) is 0 Å². The summed E-state index contributed by atoms with van der Waals surface area (Å²) in [6.07, 6.45) is 9.83. The average Bonchev–Trinajstić information content (AvgIpc) is 2.76. The summed E-state index contributed by atoms with van der Waals surface area (Å²) in [5.74, 6) is -1.02. The molecule has 0 saturated heterocycles. The fraction of sp³-hybridized carbons (Fsp3) is 0.190. The van der Waals surface area contributed by atoms with Crippen molar-refractivity contribution < 1.29 is 27.8 Å². The molecule has 1 aliphatic carbocycles. The van der Waals surface area contributed by atoms with Gasteiger partial charge in [0.05, 0.1) is 4.90 Å². The number of ether oxygens (including phenoxy) is 2. The number of aliphatic hydroxyl groups excluding tert-OH is 1. The number of rotatable bonds is 4. The van der Waals surface area contributed by atoms with Crippen molar-refractivity contribution in [1.29, 1.82) is 0 Å². The maximum absolute atomic E-state index is 13.2. The van der Waals surface area contributed by atoms with Crippen LogP contribution in [0.2, 0.25) is 0 Å². The number of fused-ring (bicyclic) bond motifs is 1. The number of hydrogen-bond donors (Lipinski definition) is 1. The molecule has 0 atom stereocenters. The monoisotopic (exact) mass is 413 g/mol. The molecule has 0 fully saturated rings. The molecule has 0 amide bonds. The third-order valence-electron chi connectivity index (χ3n) is 4.81. The first-order valence-electron chi connectivity index (χ1n) is 9.15. The fourth-order valence-electron chi connectivity index (χ4n) is 3.41. The lowest BCUT2D eigenvalue weighted by atomic mass is 10.0. The number of allylic oxidation sites excluding steroid dienone is 4. The second kappa shape index (κ2) is 7.29. The van der Waals surface area contributed by atoms with Crippen LogP contribution in [0.3, 0.4) is 0 Å². The minimum atomic E-state index is -4.00. The number of likely N-dealkylation sites (N-methyl/N-ethyl adjacent to an activating group) is 1. The van der Waals surface area contributed by atoms with E-state index in [4.69, 9.17) is 9.47 Å². The molecule has 4 rings (SSSR count). The van der Waals surface area contributed by atoms with Gasteiger partial charge in [0.1, 0.15) is 18.2 Å². The van der Waals surface area contributed by atoms with E-state index >= 15 is 0 Å². The Morgan fingerprint density at radius 2 is 2.03 bits per heavy atom. The Labute approximate surface area is 168 Å². The molecule has 0 saturated carbocycles. The maximum atomic E-state index is 13.2. The SMILES string of the molecule is CCN1C(C(=O)C2=COC=C(C3=CC=CCC3)O2)=C(O)c2ccccc2S1(=O)=O. The van der Waals surface area contributed by atoms with Gasteiger partial charge in [0.2, 0.25) is 5.76 Å². The van der Waals surface area contributed by atoms with Crippen molar-refractivity contribution in [3.05, 3.63) is 83.4 Å². The topological polar surface area (TPSA) is 93.1 Å². The van der Waals surface area contributed by atoms with Crippen molar-refractivity contribution in [2.45, 2.75) is 24.7 Å². The van der Waals surface area contributed by atoms with Crippen LogP contribution in [0.25, 0.3) is 5.76 Å². The quantitative estimate of drug-likeness (QED) is 0.812. The zero-order valence-electron chi connectivity index (χ0n) is 15.7. The van der Waals surface area contributed by atoms with Crippen molar-refractivity contribution in [3.8, 4) is 0 Å². The molecule has 0 unspecified atom stereocenters. The van der Waals surface area contributed by atoms with Gasteiger partial charge in [-0.25, -0.2) is 8.42 Å². The first-order valence-corrected chi connectivity index (χ1v) is 10.6. The minimum Gasteiger partial charge on any atom is -0.505 e. The summed E-state index contributed by atoms with van der Waals surface area (Å²) in [5, 5.41) is 10.8. The van der Waals surface area contributed by atoms with Gasteiger partial charge < -0.3 is 14.6 Å². The molecular formula is C21H19NO6S. The second-order valence-electron chi connectivity index (χ2n) is 6.55. The Morgan fingerprint density at radius 1 is 1.24 bits per heavy atom. The summed E-state index contributed by atoms with van der Waals surface area (Å²) in [7, 11) is -4.00. The number of carbonyl (C=O) groups excluding carboxylic acids is 1. The lowest BCUT2D eigenvalue weighted by Crippen LogP contribution is -2.38. The van der Waals surface area contributed by atoms with Gasteiger partial charge in [-0.15, -0.1) is 0 Å². The highest BCUT2D eigenvalue weighted by atomic mass is 32.2. The summed E-state index contributed by atoms with van der Waals surface area (Å²) in [5.41, 5.74) is 0.576. The van der Waals surface area contributed by atoms with Gasteiger partial charge in [-0.1, -0.05) is 30.4 Å². The molecule has 0 spiro atoms. The fourth-order valence-corrected chi connectivity index (χ4v) is 5.09. The first kappa shape index (κ1) is 19.1. The average molecular weight is 413 g/mol. The molecule has 7 nitrogen and oxygen atoms in total. The van der Waals surface area contributed by atoms with E-state index in [1.165, 1.54) is 18.4 Å². The zero-order valence-corrected chi connectivity index (χ0v) is 16.5. The summed E-state index contributed by atoms with van der Waals surface area (Å²) < 4.78 is 37.9. The van der Waals surface area contributed by atoms with Gasteiger partial charge in [-0.3, -0.25) is 9.10 Å². The van der Waals surface area contributed by atoms with Gasteiger partial charge in [-0.2, -0.15) is 0 Å². The van der Waals surface area contributed by atoms with Gasteiger partial charge in [0.25, 0.3) is 15.8 Å². The van der Waals surface area contributed by atoms with E-state index in [-0.39, 0.29) is 28.5 Å². The Hall–Kier alpha value is -3.26. The molecule has 0 bridgehead atoms. The Bertz CT molecular complexity index is 1140. The smallest absolute Gasteiger partial charge is 0.265 e. The predicted octanol–water partition coefficient (Wildman–Crippen LogP) is 3.51. The van der Waals surface area contributed by atoms with Crippen molar-refractivity contribution in [2.75, 3.05) is 6.54 Å². The molecule has 0 radical (unpaired) electrons. The third kappa shape index (κ3) is 3.15. The van der Waals surface area contributed by atoms with Crippen LogP contribution in [-0.2, 0) is 24.3 Å². The van der Waals surface area contributed by atoms with E-state index in [0.717, 1.165) is 29.0 Å². The van der Waals surface area contributed by atoms with E-state index in [0.29, 0.717) is 5.76 Å². The number of carbonyl (C=O) groups is 1. The molecule has 2 aliphatic heterocycles. The second-order valence-corrected chi connectivity index (χ2v) is 8.38. The van der Waals surface area contributed by atoms with Crippen LogP contribution in [0.15, 0.2) is 82.7 Å². The molecule has 1 aromatic rings. The highest BCUT2D eigenvalue weighted by Crippen LogP contribution is 2.37. The van der Waals surface area contributed by atoms with Gasteiger partial charge in [0.15, 0.2) is 11.5 Å². The van der Waals surface area contributed by atoms with Gasteiger partial charge in [-0.05, 0) is 37.5 Å². The highest BCUT2D eigenvalue weighted by molar-refractivity contribution is 7.89. The zero-order chi connectivity index (χ0) is 20.6. The number of Topliss-reactive ketones (excluding diaryl/α,β-unsaturated/α-hetero) is 1. The summed E-state index contributed by atoms with van der Waals surface area (Å²) >= 11 is 0. The van der Waals surface area contributed by atoms with E-state index in [9.17, 15) is 18.3 Å². The normalized spacial score (nSPS) is 20.0. The van der Waals surface area contributed by atoms with E-state index in [1.807, 2.05) is 18.2 Å². The van der Waals surface area contributed by atoms with Crippen molar-refractivity contribution in [1.82, 2.24) is 4.31 Å². The van der Waals surface area contributed by atoms with Crippen LogP contribution in [0.4, 0.5) is 0 Å². The van der Waals surface area contributed by atoms with Gasteiger partial charge >= 0.3 is 0 Å². The molecule has 1 N–H and O–H groups in total. The van der Waals surface area contributed by atoms with Crippen molar-refractivity contribution in [2.24, 2.45) is 0 Å².